The first-order chi connectivity index (χ1) is 17.4. The lowest BCUT2D eigenvalue weighted by Crippen LogP contribution is -2.29. The van der Waals surface area contributed by atoms with Crippen molar-refractivity contribution in [3.05, 3.63) is 88.5 Å². The molecule has 3 aromatic rings. The van der Waals surface area contributed by atoms with Gasteiger partial charge in [0.15, 0.2) is 0 Å². The molecule has 1 aliphatic heterocycles. The van der Waals surface area contributed by atoms with Gasteiger partial charge in [0.25, 0.3) is 11.7 Å². The van der Waals surface area contributed by atoms with Crippen molar-refractivity contribution in [2.24, 2.45) is 0 Å². The van der Waals surface area contributed by atoms with Crippen molar-refractivity contribution in [2.45, 2.75) is 19.4 Å². The molecule has 0 aliphatic carbocycles. The lowest BCUT2D eigenvalue weighted by atomic mass is 9.94. The van der Waals surface area contributed by atoms with Crippen molar-refractivity contribution < 1.29 is 28.9 Å². The molecule has 1 atom stereocenters. The quantitative estimate of drug-likeness (QED) is 0.236. The van der Waals surface area contributed by atoms with Gasteiger partial charge in [-0.1, -0.05) is 42.8 Å². The maximum atomic E-state index is 13.5. The Morgan fingerprint density at radius 3 is 2.47 bits per heavy atom. The number of carbonyl (C=O) groups is 2. The van der Waals surface area contributed by atoms with Gasteiger partial charge in [0, 0.05) is 22.9 Å². The molecule has 1 amide bonds. The molecule has 1 heterocycles. The number of methoxy groups -OCH3 is 2. The molecule has 0 aromatic heterocycles. The van der Waals surface area contributed by atoms with E-state index in [2.05, 4.69) is 0 Å². The van der Waals surface area contributed by atoms with E-state index in [4.69, 9.17) is 25.8 Å². The average Bonchev–Trinajstić information content (AvgIpc) is 3.17. The fourth-order valence-corrected chi connectivity index (χ4v) is 4.39. The zero-order chi connectivity index (χ0) is 25.8. The molecule has 36 heavy (non-hydrogen) atoms. The van der Waals surface area contributed by atoms with Crippen LogP contribution in [0.25, 0.3) is 5.76 Å². The lowest BCUT2D eigenvalue weighted by molar-refractivity contribution is -0.132. The van der Waals surface area contributed by atoms with Gasteiger partial charge in [-0.25, -0.2) is 0 Å². The van der Waals surface area contributed by atoms with Gasteiger partial charge in [-0.3, -0.25) is 14.5 Å². The van der Waals surface area contributed by atoms with Crippen LogP contribution in [0.1, 0.15) is 30.5 Å². The molecule has 0 saturated carbocycles. The van der Waals surface area contributed by atoms with Crippen LogP contribution >= 0.6 is 11.6 Å². The topological polar surface area (TPSA) is 85.3 Å². The number of hydrogen-bond acceptors (Lipinski definition) is 6. The largest absolute Gasteiger partial charge is 0.507 e. The van der Waals surface area contributed by atoms with Crippen LogP contribution in [0.4, 0.5) is 5.69 Å². The molecule has 0 radical (unpaired) electrons. The van der Waals surface area contributed by atoms with Crippen LogP contribution in [0.2, 0.25) is 5.02 Å². The third kappa shape index (κ3) is 4.62. The van der Waals surface area contributed by atoms with E-state index in [0.717, 1.165) is 6.42 Å². The summed E-state index contributed by atoms with van der Waals surface area (Å²) in [6.07, 6.45) is 0.817. The van der Waals surface area contributed by atoms with Crippen molar-refractivity contribution in [3.8, 4) is 17.2 Å². The van der Waals surface area contributed by atoms with Gasteiger partial charge in [-0.2, -0.15) is 0 Å². The van der Waals surface area contributed by atoms with Crippen LogP contribution in [-0.2, 0) is 9.59 Å². The number of benzene rings is 3. The standard InChI is InChI=1S/C28H26ClNO6/c1-4-14-36-19-9-7-8-17(15-19)30-25(20-10-5-6-11-23(20)35-3)24(27(32)28(30)33)26(31)21-16-18(34-2)12-13-22(21)29/h5-13,15-16,25,31H,4,14H2,1-3H3/b26-24+. The Morgan fingerprint density at radius 2 is 1.75 bits per heavy atom. The highest BCUT2D eigenvalue weighted by Gasteiger charge is 2.48. The highest BCUT2D eigenvalue weighted by atomic mass is 35.5. The normalized spacial score (nSPS) is 16.8. The second-order valence-electron chi connectivity index (χ2n) is 8.10. The second kappa shape index (κ2) is 10.7. The lowest BCUT2D eigenvalue weighted by Gasteiger charge is -2.27. The van der Waals surface area contributed by atoms with Gasteiger partial charge in [0.2, 0.25) is 0 Å². The number of ether oxygens (including phenoxy) is 3. The van der Waals surface area contributed by atoms with Gasteiger partial charge in [-0.15, -0.1) is 0 Å². The van der Waals surface area contributed by atoms with Crippen molar-refractivity contribution >= 4 is 34.7 Å². The van der Waals surface area contributed by atoms with Gasteiger partial charge in [0.05, 0.1) is 37.5 Å². The average molecular weight is 508 g/mol. The predicted octanol–water partition coefficient (Wildman–Crippen LogP) is 5.77. The van der Waals surface area contributed by atoms with Gasteiger partial charge >= 0.3 is 0 Å². The third-order valence-corrected chi connectivity index (χ3v) is 6.20. The molecule has 1 aliphatic rings. The monoisotopic (exact) mass is 507 g/mol. The number of halogens is 1. The summed E-state index contributed by atoms with van der Waals surface area (Å²) in [6, 6.07) is 17.7. The number of para-hydroxylation sites is 1. The Balaban J connectivity index is 1.96. The molecule has 7 nitrogen and oxygen atoms in total. The summed E-state index contributed by atoms with van der Waals surface area (Å²) in [5, 5.41) is 11.6. The number of amides is 1. The zero-order valence-electron chi connectivity index (χ0n) is 20.2. The highest BCUT2D eigenvalue weighted by Crippen LogP contribution is 2.46. The van der Waals surface area contributed by atoms with Crippen molar-refractivity contribution in [3.63, 3.8) is 0 Å². The molecule has 186 valence electrons. The number of hydrogen-bond donors (Lipinski definition) is 1. The molecule has 4 rings (SSSR count). The number of carbonyl (C=O) groups excluding carboxylic acids is 2. The van der Waals surface area contributed by atoms with E-state index in [0.29, 0.717) is 35.1 Å². The maximum absolute atomic E-state index is 13.5. The van der Waals surface area contributed by atoms with Crippen molar-refractivity contribution in [1.29, 1.82) is 0 Å². The summed E-state index contributed by atoms with van der Waals surface area (Å²) < 4.78 is 16.6. The number of rotatable bonds is 8. The molecule has 0 bridgehead atoms. The first-order valence-electron chi connectivity index (χ1n) is 11.4. The number of anilines is 1. The zero-order valence-corrected chi connectivity index (χ0v) is 20.9. The van der Waals surface area contributed by atoms with Gasteiger partial charge in [0.1, 0.15) is 23.0 Å². The van der Waals surface area contributed by atoms with E-state index >= 15 is 0 Å². The Morgan fingerprint density at radius 1 is 0.972 bits per heavy atom. The van der Waals surface area contributed by atoms with Crippen molar-refractivity contribution in [1.82, 2.24) is 0 Å². The van der Waals surface area contributed by atoms with E-state index in [-0.39, 0.29) is 16.2 Å². The number of Topliss-reactive ketones (excluding diaryl/α,β-unsaturated/α-hetero) is 1. The molecule has 1 saturated heterocycles. The Kier molecular flexibility index (Phi) is 7.50. The summed E-state index contributed by atoms with van der Waals surface area (Å²) in [5.74, 6) is -0.596. The Hall–Kier alpha value is -3.97. The van der Waals surface area contributed by atoms with Crippen LogP contribution in [0.15, 0.2) is 72.3 Å². The van der Waals surface area contributed by atoms with E-state index in [1.807, 2.05) is 6.92 Å². The first kappa shape index (κ1) is 25.1. The fourth-order valence-electron chi connectivity index (χ4n) is 4.19. The van der Waals surface area contributed by atoms with Crippen molar-refractivity contribution in [2.75, 3.05) is 25.7 Å². The van der Waals surface area contributed by atoms with Crippen LogP contribution < -0.4 is 19.1 Å². The third-order valence-electron chi connectivity index (χ3n) is 5.88. The van der Waals surface area contributed by atoms with Gasteiger partial charge in [-0.05, 0) is 42.8 Å². The smallest absolute Gasteiger partial charge is 0.300 e. The second-order valence-corrected chi connectivity index (χ2v) is 8.51. The van der Waals surface area contributed by atoms with E-state index in [1.54, 1.807) is 60.7 Å². The summed E-state index contributed by atoms with van der Waals surface area (Å²) in [6.45, 7) is 2.50. The highest BCUT2D eigenvalue weighted by molar-refractivity contribution is 6.52. The first-order valence-corrected chi connectivity index (χ1v) is 11.8. The molecule has 3 aromatic carbocycles. The molecule has 1 fully saturated rings. The number of aliphatic hydroxyl groups excluding tert-OH is 1. The van der Waals surface area contributed by atoms with Crippen LogP contribution in [0.3, 0.4) is 0 Å². The van der Waals surface area contributed by atoms with Crippen LogP contribution in [-0.4, -0.2) is 37.6 Å². The summed E-state index contributed by atoms with van der Waals surface area (Å²) >= 11 is 6.38. The molecule has 8 heteroatoms. The molecular formula is C28H26ClNO6. The summed E-state index contributed by atoms with van der Waals surface area (Å²) in [7, 11) is 2.98. The molecule has 1 unspecified atom stereocenters. The minimum Gasteiger partial charge on any atom is -0.507 e. The fraction of sp³-hybridized carbons (Fsp3) is 0.214. The minimum atomic E-state index is -0.982. The number of ketones is 1. The van der Waals surface area contributed by atoms with Gasteiger partial charge < -0.3 is 19.3 Å². The van der Waals surface area contributed by atoms with E-state index in [9.17, 15) is 14.7 Å². The molecule has 0 spiro atoms. The predicted molar refractivity (Wildman–Crippen MR) is 138 cm³/mol. The summed E-state index contributed by atoms with van der Waals surface area (Å²) in [4.78, 5) is 28.3. The molecule has 1 N–H and O–H groups in total. The Bertz CT molecular complexity index is 1340. The van der Waals surface area contributed by atoms with Crippen LogP contribution in [0.5, 0.6) is 17.2 Å². The van der Waals surface area contributed by atoms with E-state index < -0.39 is 23.5 Å². The van der Waals surface area contributed by atoms with E-state index in [1.165, 1.54) is 25.2 Å². The minimum absolute atomic E-state index is 0.112. The maximum Gasteiger partial charge on any atom is 0.300 e. The SMILES string of the molecule is CCCOc1cccc(N2C(=O)C(=O)/C(=C(/O)c3cc(OC)ccc3Cl)C2c2ccccc2OC)c1. The number of nitrogens with zero attached hydrogens (tertiary/aromatic N) is 1. The number of aliphatic hydroxyl groups is 1. The van der Waals surface area contributed by atoms with Crippen LogP contribution in [0, 0.1) is 0 Å². The molecular weight excluding hydrogens is 482 g/mol. The Labute approximate surface area is 214 Å². The summed E-state index contributed by atoms with van der Waals surface area (Å²) in [5.41, 5.74) is 1.03.